The van der Waals surface area contributed by atoms with Gasteiger partial charge in [-0.15, -0.1) is 0 Å². The zero-order valence-electron chi connectivity index (χ0n) is 20.0. The molecule has 2 aromatic carbocycles. The molecule has 1 amide bonds. The number of aryl methyl sites for hydroxylation is 2. The van der Waals surface area contributed by atoms with Gasteiger partial charge >= 0.3 is 0 Å². The number of aromatic amines is 1. The van der Waals surface area contributed by atoms with Crippen LogP contribution in [0.3, 0.4) is 0 Å². The molecule has 2 aromatic heterocycles. The molecule has 4 aromatic rings. The second kappa shape index (κ2) is 11.1. The molecule has 0 radical (unpaired) electrons. The van der Waals surface area contributed by atoms with Crippen LogP contribution in [0.4, 0.5) is 10.2 Å². The monoisotopic (exact) mass is 520 g/mol. The normalized spacial score (nSPS) is 11.1. The first-order valence-electron chi connectivity index (χ1n) is 11.4. The van der Waals surface area contributed by atoms with E-state index in [1.807, 2.05) is 0 Å². The van der Waals surface area contributed by atoms with Gasteiger partial charge in [-0.1, -0.05) is 11.8 Å². The first kappa shape index (κ1) is 25.7. The predicted molar refractivity (Wildman–Crippen MR) is 137 cm³/mol. The summed E-state index contributed by atoms with van der Waals surface area (Å²) < 4.78 is 41.2. The molecule has 0 fully saturated rings. The Labute approximate surface area is 213 Å². The second-order valence-corrected chi connectivity index (χ2v) is 10.3. The highest BCUT2D eigenvalue weighted by atomic mass is 32.2. The van der Waals surface area contributed by atoms with Crippen LogP contribution in [-0.4, -0.2) is 40.8 Å². The summed E-state index contributed by atoms with van der Waals surface area (Å²) in [5, 5.41) is 13.5. The van der Waals surface area contributed by atoms with E-state index in [4.69, 9.17) is 5.73 Å². The Morgan fingerprint density at radius 2 is 1.95 bits per heavy atom. The lowest BCUT2D eigenvalue weighted by atomic mass is 10.1. The maximum atomic E-state index is 13.3. The number of nitrogens with one attached hydrogen (secondary N) is 2. The summed E-state index contributed by atoms with van der Waals surface area (Å²) in [7, 11) is -2.12. The Morgan fingerprint density at radius 3 is 2.62 bits per heavy atom. The molecule has 11 heteroatoms. The third-order valence-electron chi connectivity index (χ3n) is 5.53. The summed E-state index contributed by atoms with van der Waals surface area (Å²) in [5.41, 5.74) is 7.97. The maximum absolute atomic E-state index is 13.3. The quantitative estimate of drug-likeness (QED) is 0.241. The topological polar surface area (TPSA) is 136 Å². The molecule has 4 rings (SSSR count). The Bertz CT molecular complexity index is 1580. The van der Waals surface area contributed by atoms with E-state index >= 15 is 0 Å². The van der Waals surface area contributed by atoms with E-state index in [2.05, 4.69) is 32.5 Å². The summed E-state index contributed by atoms with van der Waals surface area (Å²) in [6.07, 6.45) is 4.59. The molecule has 0 saturated carbocycles. The Balaban J connectivity index is 1.57. The van der Waals surface area contributed by atoms with E-state index in [0.717, 1.165) is 5.56 Å². The third-order valence-corrected chi connectivity index (χ3v) is 7.23. The van der Waals surface area contributed by atoms with E-state index in [1.54, 1.807) is 25.5 Å². The fourth-order valence-electron chi connectivity index (χ4n) is 3.63. The van der Waals surface area contributed by atoms with Gasteiger partial charge in [-0.25, -0.2) is 12.8 Å². The van der Waals surface area contributed by atoms with Gasteiger partial charge in [0, 0.05) is 42.0 Å². The lowest BCUT2D eigenvalue weighted by Gasteiger charge is -2.09. The van der Waals surface area contributed by atoms with E-state index in [-0.39, 0.29) is 27.7 Å². The zero-order valence-corrected chi connectivity index (χ0v) is 20.8. The number of carbonyl (C=O) groups is 1. The van der Waals surface area contributed by atoms with Gasteiger partial charge in [0.15, 0.2) is 9.84 Å². The minimum absolute atomic E-state index is 0.0141. The molecule has 0 aliphatic carbocycles. The van der Waals surface area contributed by atoms with Crippen molar-refractivity contribution in [3.05, 3.63) is 94.7 Å². The first-order valence-corrected chi connectivity index (χ1v) is 13.1. The van der Waals surface area contributed by atoms with Crippen LogP contribution >= 0.6 is 0 Å². The van der Waals surface area contributed by atoms with Crippen LogP contribution in [0.2, 0.25) is 0 Å². The molecule has 0 unspecified atom stereocenters. The zero-order chi connectivity index (χ0) is 26.4. The average Bonchev–Trinajstić information content (AvgIpc) is 3.47. The average molecular weight is 521 g/mol. The van der Waals surface area contributed by atoms with Crippen molar-refractivity contribution in [2.45, 2.75) is 23.5 Å². The van der Waals surface area contributed by atoms with Crippen LogP contribution in [0.5, 0.6) is 0 Å². The van der Waals surface area contributed by atoms with Crippen LogP contribution in [-0.2, 0) is 29.1 Å². The minimum atomic E-state index is -3.83. The lowest BCUT2D eigenvalue weighted by Crippen LogP contribution is -2.25. The maximum Gasteiger partial charge on any atom is 0.251 e. The summed E-state index contributed by atoms with van der Waals surface area (Å²) in [6.45, 7) is 0.389. The van der Waals surface area contributed by atoms with Crippen molar-refractivity contribution in [2.75, 3.05) is 12.3 Å². The number of amides is 1. The van der Waals surface area contributed by atoms with Crippen LogP contribution in [0, 0.1) is 17.7 Å². The number of benzene rings is 2. The van der Waals surface area contributed by atoms with E-state index in [9.17, 15) is 17.6 Å². The van der Waals surface area contributed by atoms with Gasteiger partial charge in [0.05, 0.1) is 22.5 Å². The summed E-state index contributed by atoms with van der Waals surface area (Å²) >= 11 is 0. The Morgan fingerprint density at radius 1 is 1.16 bits per heavy atom. The number of aromatic nitrogens is 4. The van der Waals surface area contributed by atoms with Crippen molar-refractivity contribution in [3.8, 4) is 11.8 Å². The van der Waals surface area contributed by atoms with Crippen molar-refractivity contribution in [1.82, 2.24) is 25.3 Å². The molecule has 2 heterocycles. The number of H-pyrrole nitrogens is 1. The smallest absolute Gasteiger partial charge is 0.251 e. The van der Waals surface area contributed by atoms with E-state index in [0.29, 0.717) is 36.5 Å². The number of rotatable bonds is 8. The Hall–Kier alpha value is -4.43. The molecule has 0 spiro atoms. The molecule has 0 atom stereocenters. The molecular weight excluding hydrogens is 495 g/mol. The van der Waals surface area contributed by atoms with Gasteiger partial charge in [0.25, 0.3) is 5.91 Å². The van der Waals surface area contributed by atoms with Gasteiger partial charge in [0.2, 0.25) is 0 Å². The Kier molecular flexibility index (Phi) is 7.69. The lowest BCUT2D eigenvalue weighted by molar-refractivity contribution is 0.0953. The van der Waals surface area contributed by atoms with Crippen LogP contribution in [0.15, 0.2) is 65.8 Å². The van der Waals surface area contributed by atoms with Crippen molar-refractivity contribution < 1.29 is 17.6 Å². The second-order valence-electron chi connectivity index (χ2n) is 8.38. The fraction of sp³-hybridized carbons (Fsp3) is 0.192. The van der Waals surface area contributed by atoms with Gasteiger partial charge in [-0.05, 0) is 61.4 Å². The molecule has 37 heavy (non-hydrogen) atoms. The number of nitrogens with zero attached hydrogens (tertiary/aromatic N) is 3. The molecule has 4 N–H and O–H groups in total. The highest BCUT2D eigenvalue weighted by molar-refractivity contribution is 7.90. The largest absolute Gasteiger partial charge is 0.384 e. The van der Waals surface area contributed by atoms with Crippen molar-refractivity contribution >= 4 is 21.6 Å². The van der Waals surface area contributed by atoms with Crippen molar-refractivity contribution in [1.29, 1.82) is 0 Å². The van der Waals surface area contributed by atoms with Gasteiger partial charge in [-0.2, -0.15) is 10.2 Å². The van der Waals surface area contributed by atoms with Crippen LogP contribution in [0.1, 0.15) is 39.2 Å². The van der Waals surface area contributed by atoms with Crippen molar-refractivity contribution in [2.24, 2.45) is 7.05 Å². The summed E-state index contributed by atoms with van der Waals surface area (Å²) in [4.78, 5) is 12.8. The molecular formula is C26H25FN6O3S. The number of nitrogen functional groups attached to an aromatic ring is 1. The number of carbonyl (C=O) groups excluding carboxylic acids is 1. The number of halogens is 1. The van der Waals surface area contributed by atoms with Gasteiger partial charge in [-0.3, -0.25) is 14.6 Å². The van der Waals surface area contributed by atoms with Crippen LogP contribution < -0.4 is 11.1 Å². The molecule has 0 bridgehead atoms. The SMILES string of the molecule is Cn1ccc(CS(=O)(=O)c2ccc(C(=O)NCCCc3cn[nH]c3N)cc2C#Cc2ccc(F)cc2)n1. The van der Waals surface area contributed by atoms with E-state index in [1.165, 1.54) is 47.1 Å². The third kappa shape index (κ3) is 6.62. The predicted octanol–water partition coefficient (Wildman–Crippen LogP) is 2.60. The highest BCUT2D eigenvalue weighted by Crippen LogP contribution is 2.22. The molecule has 190 valence electrons. The number of anilines is 1. The van der Waals surface area contributed by atoms with Gasteiger partial charge < -0.3 is 11.1 Å². The molecule has 0 aliphatic heterocycles. The number of hydrogen-bond donors (Lipinski definition) is 3. The van der Waals surface area contributed by atoms with Crippen molar-refractivity contribution in [3.63, 3.8) is 0 Å². The molecule has 0 aliphatic rings. The molecule has 9 nitrogen and oxygen atoms in total. The fourth-order valence-corrected chi connectivity index (χ4v) is 5.05. The first-order chi connectivity index (χ1) is 17.7. The van der Waals surface area contributed by atoms with Crippen LogP contribution in [0.25, 0.3) is 0 Å². The summed E-state index contributed by atoms with van der Waals surface area (Å²) in [6, 6.07) is 11.4. The highest BCUT2D eigenvalue weighted by Gasteiger charge is 2.21. The number of nitrogens with two attached hydrogens (primary N) is 1. The minimum Gasteiger partial charge on any atom is -0.384 e. The number of hydrogen-bond acceptors (Lipinski definition) is 6. The molecule has 0 saturated heterocycles. The standard InChI is InChI=1S/C26H25FN6O3S/c1-33-14-12-23(32-33)17-37(35,36)24-11-8-20(15-19(24)7-4-18-5-9-22(27)10-6-18)26(34)29-13-2-3-21-16-30-31-25(21)28/h5-6,8-12,14-16H,2-3,13,17H2,1H3,(H,29,34)(H3,28,30,31). The number of sulfone groups is 1. The summed E-state index contributed by atoms with van der Waals surface area (Å²) in [5.74, 6) is 5.12. The van der Waals surface area contributed by atoms with E-state index < -0.39 is 15.7 Å². The van der Waals surface area contributed by atoms with Gasteiger partial charge in [0.1, 0.15) is 11.6 Å².